The van der Waals surface area contributed by atoms with E-state index in [2.05, 4.69) is 10.1 Å². The number of anilines is 1. The van der Waals surface area contributed by atoms with Crippen molar-refractivity contribution < 1.29 is 31.9 Å². The minimum absolute atomic E-state index is 0.149. The summed E-state index contributed by atoms with van der Waals surface area (Å²) in [6.07, 6.45) is -2.15. The Labute approximate surface area is 152 Å². The second-order valence-corrected chi connectivity index (χ2v) is 6.74. The van der Waals surface area contributed by atoms with E-state index < -0.39 is 41.4 Å². The number of halogens is 4. The van der Waals surface area contributed by atoms with Crippen LogP contribution in [0.3, 0.4) is 0 Å². The van der Waals surface area contributed by atoms with Gasteiger partial charge in [0.05, 0.1) is 18.6 Å². The van der Waals surface area contributed by atoms with Gasteiger partial charge >= 0.3 is 12.1 Å². The lowest BCUT2D eigenvalue weighted by Crippen LogP contribution is -2.42. The van der Waals surface area contributed by atoms with Crippen molar-refractivity contribution in [2.24, 2.45) is 23.5 Å². The summed E-state index contributed by atoms with van der Waals surface area (Å²) in [7, 11) is 1.24. The van der Waals surface area contributed by atoms with Crippen molar-refractivity contribution in [2.75, 3.05) is 12.4 Å². The third-order valence-corrected chi connectivity index (χ3v) is 5.29. The minimum atomic E-state index is -4.87. The van der Waals surface area contributed by atoms with E-state index in [0.29, 0.717) is 18.6 Å². The molecule has 0 unspecified atom stereocenters. The van der Waals surface area contributed by atoms with Crippen LogP contribution in [0.25, 0.3) is 0 Å². The van der Waals surface area contributed by atoms with Gasteiger partial charge in [-0.2, -0.15) is 13.2 Å². The molecule has 0 aromatic heterocycles. The molecular weight excluding hydrogens is 368 g/mol. The van der Waals surface area contributed by atoms with Gasteiger partial charge in [0.2, 0.25) is 5.91 Å². The molecule has 3 rings (SSSR count). The molecule has 0 aliphatic heterocycles. The monoisotopic (exact) mass is 386 g/mol. The average Bonchev–Trinajstić information content (AvgIpc) is 3.09. The Morgan fingerprint density at radius 1 is 1.26 bits per heavy atom. The van der Waals surface area contributed by atoms with E-state index in [1.54, 1.807) is 0 Å². The molecule has 2 bridgehead atoms. The molecule has 2 fully saturated rings. The van der Waals surface area contributed by atoms with Crippen LogP contribution in [0.15, 0.2) is 29.8 Å². The van der Waals surface area contributed by atoms with Gasteiger partial charge in [-0.25, -0.2) is 9.18 Å². The molecule has 0 saturated heterocycles. The molecular formula is C18H18F4N2O3. The van der Waals surface area contributed by atoms with Crippen molar-refractivity contribution in [1.29, 1.82) is 0 Å². The van der Waals surface area contributed by atoms with Gasteiger partial charge in [-0.3, -0.25) is 4.79 Å². The van der Waals surface area contributed by atoms with E-state index in [0.717, 1.165) is 18.1 Å². The van der Waals surface area contributed by atoms with Gasteiger partial charge in [-0.05, 0) is 42.9 Å². The van der Waals surface area contributed by atoms with E-state index >= 15 is 0 Å². The summed E-state index contributed by atoms with van der Waals surface area (Å²) >= 11 is 0. The van der Waals surface area contributed by atoms with E-state index in [1.165, 1.54) is 13.2 Å². The van der Waals surface area contributed by atoms with Gasteiger partial charge in [0.25, 0.3) is 0 Å². The van der Waals surface area contributed by atoms with Crippen LogP contribution in [-0.2, 0) is 20.5 Å². The molecule has 9 heteroatoms. The number of nitrogens with two attached hydrogens (primary N) is 1. The molecule has 2 saturated carbocycles. The molecule has 0 heterocycles. The van der Waals surface area contributed by atoms with Crippen LogP contribution in [0, 0.1) is 23.6 Å². The van der Waals surface area contributed by atoms with Gasteiger partial charge in [0, 0.05) is 17.8 Å². The molecule has 5 nitrogen and oxygen atoms in total. The number of nitrogens with one attached hydrogen (secondary N) is 1. The Kier molecular flexibility index (Phi) is 4.98. The minimum Gasteiger partial charge on any atom is -0.466 e. The number of esters is 1. The largest absolute Gasteiger partial charge is 0.466 e. The first-order valence-electron chi connectivity index (χ1n) is 8.36. The number of amides is 1. The van der Waals surface area contributed by atoms with Crippen molar-refractivity contribution in [3.8, 4) is 0 Å². The second kappa shape index (κ2) is 6.95. The Balaban J connectivity index is 1.81. The summed E-state index contributed by atoms with van der Waals surface area (Å²) in [6, 6.07) is 1.72. The van der Waals surface area contributed by atoms with Crippen molar-refractivity contribution in [2.45, 2.75) is 25.1 Å². The second-order valence-electron chi connectivity index (χ2n) is 6.74. The highest BCUT2D eigenvalue weighted by Gasteiger charge is 2.52. The molecule has 146 valence electrons. The first-order valence-corrected chi connectivity index (χ1v) is 8.36. The first-order chi connectivity index (χ1) is 12.6. The number of alkyl halides is 3. The summed E-state index contributed by atoms with van der Waals surface area (Å²) in [5.74, 6) is -3.61. The number of fused-ring (bicyclic) bond motifs is 2. The predicted molar refractivity (Wildman–Crippen MR) is 87.8 cm³/mol. The number of carbonyl (C=O) groups is 2. The smallest absolute Gasteiger partial charge is 0.419 e. The molecule has 4 atom stereocenters. The maximum absolute atomic E-state index is 13.4. The molecule has 1 aromatic rings. The van der Waals surface area contributed by atoms with Gasteiger partial charge in [0.1, 0.15) is 5.82 Å². The Hall–Kier alpha value is -2.42. The van der Waals surface area contributed by atoms with Crippen molar-refractivity contribution in [3.05, 3.63) is 41.2 Å². The summed E-state index contributed by atoms with van der Waals surface area (Å²) in [5.41, 5.74) is 5.28. The zero-order valence-corrected chi connectivity index (χ0v) is 14.3. The molecule has 2 aliphatic carbocycles. The Morgan fingerprint density at radius 2 is 1.93 bits per heavy atom. The first kappa shape index (κ1) is 19.3. The van der Waals surface area contributed by atoms with Crippen LogP contribution >= 0.6 is 0 Å². The van der Waals surface area contributed by atoms with Gasteiger partial charge in [-0.15, -0.1) is 0 Å². The van der Waals surface area contributed by atoms with Crippen LogP contribution in [0.5, 0.6) is 0 Å². The Bertz CT molecular complexity index is 806. The van der Waals surface area contributed by atoms with E-state index in [1.807, 2.05) is 0 Å². The SMILES string of the molecule is COC(=O)/C=C1\[C@H]2CC[C@@H]1[C@H](C(=O)Nc1ccc(F)c(C(F)(F)F)c1)[C@@H]2N. The van der Waals surface area contributed by atoms with Crippen molar-refractivity contribution in [3.63, 3.8) is 0 Å². The molecule has 1 aromatic carbocycles. The fourth-order valence-electron chi connectivity index (χ4n) is 4.10. The van der Waals surface area contributed by atoms with E-state index in [4.69, 9.17) is 5.73 Å². The lowest BCUT2D eigenvalue weighted by atomic mass is 9.84. The van der Waals surface area contributed by atoms with Crippen LogP contribution < -0.4 is 11.1 Å². The van der Waals surface area contributed by atoms with Crippen LogP contribution in [-0.4, -0.2) is 25.0 Å². The zero-order valence-electron chi connectivity index (χ0n) is 14.3. The number of carbonyl (C=O) groups excluding carboxylic acids is 2. The zero-order chi connectivity index (χ0) is 19.9. The number of ether oxygens (including phenoxy) is 1. The fourth-order valence-corrected chi connectivity index (χ4v) is 4.10. The number of rotatable bonds is 3. The lowest BCUT2D eigenvalue weighted by Gasteiger charge is -2.26. The highest BCUT2D eigenvalue weighted by molar-refractivity contribution is 5.94. The average molecular weight is 386 g/mol. The topological polar surface area (TPSA) is 81.4 Å². The van der Waals surface area contributed by atoms with Gasteiger partial charge in [0.15, 0.2) is 0 Å². The normalized spacial score (nSPS) is 28.4. The number of methoxy groups -OCH3 is 1. The predicted octanol–water partition coefficient (Wildman–Crippen LogP) is 2.87. The molecule has 1 amide bonds. The molecule has 27 heavy (non-hydrogen) atoms. The standard InChI is InChI=1S/C18H18F4N2O3/c1-27-14(25)7-11-9-3-4-10(11)16(23)15(9)17(26)24-8-2-5-13(19)12(6-8)18(20,21)22/h2,5-7,9-10,15-16H,3-4,23H2,1H3,(H,24,26)/b11-7-/t9-,10+,15-,16+/m0/s1. The quantitative estimate of drug-likeness (QED) is 0.476. The Morgan fingerprint density at radius 3 is 2.56 bits per heavy atom. The highest BCUT2D eigenvalue weighted by Crippen LogP contribution is 2.52. The fraction of sp³-hybridized carbons (Fsp3) is 0.444. The number of hydrogen-bond acceptors (Lipinski definition) is 4. The molecule has 2 aliphatic rings. The van der Waals surface area contributed by atoms with Gasteiger partial charge < -0.3 is 15.8 Å². The van der Waals surface area contributed by atoms with Crippen molar-refractivity contribution in [1.82, 2.24) is 0 Å². The third-order valence-electron chi connectivity index (χ3n) is 5.29. The maximum atomic E-state index is 13.4. The summed E-state index contributed by atoms with van der Waals surface area (Å²) in [4.78, 5) is 24.2. The van der Waals surface area contributed by atoms with Gasteiger partial charge in [-0.1, -0.05) is 5.57 Å². The lowest BCUT2D eigenvalue weighted by molar-refractivity contribution is -0.140. The van der Waals surface area contributed by atoms with E-state index in [-0.39, 0.29) is 17.5 Å². The highest BCUT2D eigenvalue weighted by atomic mass is 19.4. The maximum Gasteiger partial charge on any atom is 0.419 e. The summed E-state index contributed by atoms with van der Waals surface area (Å²) in [5, 5.41) is 2.40. The summed E-state index contributed by atoms with van der Waals surface area (Å²) < 4.78 is 56.5. The van der Waals surface area contributed by atoms with Crippen molar-refractivity contribution >= 4 is 17.6 Å². The third kappa shape index (κ3) is 3.55. The summed E-state index contributed by atoms with van der Waals surface area (Å²) in [6.45, 7) is 0. The molecule has 0 spiro atoms. The molecule has 3 N–H and O–H groups in total. The van der Waals surface area contributed by atoms with Crippen LogP contribution in [0.4, 0.5) is 23.2 Å². The van der Waals surface area contributed by atoms with Crippen LogP contribution in [0.2, 0.25) is 0 Å². The van der Waals surface area contributed by atoms with Crippen LogP contribution in [0.1, 0.15) is 18.4 Å². The number of benzene rings is 1. The number of hydrogen-bond donors (Lipinski definition) is 2. The van der Waals surface area contributed by atoms with E-state index in [9.17, 15) is 27.2 Å². The molecule has 0 radical (unpaired) electrons.